The van der Waals surface area contributed by atoms with Crippen molar-refractivity contribution in [2.45, 2.75) is 44.7 Å². The molecule has 3 atom stereocenters. The van der Waals surface area contributed by atoms with E-state index in [-0.39, 0.29) is 12.6 Å². The average Bonchev–Trinajstić information content (AvgIpc) is 2.28. The van der Waals surface area contributed by atoms with Gasteiger partial charge >= 0.3 is 12.0 Å². The van der Waals surface area contributed by atoms with Crippen LogP contribution in [0.4, 0.5) is 4.79 Å². The minimum absolute atomic E-state index is 0.0379. The van der Waals surface area contributed by atoms with Gasteiger partial charge in [-0.1, -0.05) is 19.8 Å². The zero-order valence-electron chi connectivity index (χ0n) is 10.9. The van der Waals surface area contributed by atoms with E-state index in [1.165, 1.54) is 13.5 Å². The summed E-state index contributed by atoms with van der Waals surface area (Å²) >= 11 is 0. The van der Waals surface area contributed by atoms with E-state index >= 15 is 0 Å². The Balaban J connectivity index is 2.37. The van der Waals surface area contributed by atoms with Gasteiger partial charge in [0.25, 0.3) is 0 Å². The molecule has 104 valence electrons. The monoisotopic (exact) mass is 258 g/mol. The number of hydrogen-bond acceptors (Lipinski definition) is 3. The van der Waals surface area contributed by atoms with Crippen molar-refractivity contribution in [2.24, 2.45) is 5.92 Å². The summed E-state index contributed by atoms with van der Waals surface area (Å²) in [6, 6.07) is -1.29. The van der Waals surface area contributed by atoms with Crippen LogP contribution in [0.3, 0.4) is 0 Å². The molecule has 3 N–H and O–H groups in total. The second kappa shape index (κ2) is 7.20. The second-order valence-corrected chi connectivity index (χ2v) is 4.93. The van der Waals surface area contributed by atoms with Crippen LogP contribution in [-0.4, -0.2) is 42.9 Å². The molecule has 0 aromatic rings. The fourth-order valence-electron chi connectivity index (χ4n) is 2.29. The van der Waals surface area contributed by atoms with Crippen molar-refractivity contribution in [3.05, 3.63) is 0 Å². The van der Waals surface area contributed by atoms with E-state index in [1.54, 1.807) is 0 Å². The van der Waals surface area contributed by atoms with Crippen molar-refractivity contribution in [2.75, 3.05) is 13.7 Å². The Morgan fingerprint density at radius 2 is 2.17 bits per heavy atom. The quantitative estimate of drug-likeness (QED) is 0.685. The maximum atomic E-state index is 11.7. The number of aliphatic carboxylic acids is 1. The largest absolute Gasteiger partial charge is 0.480 e. The molecule has 1 fully saturated rings. The lowest BCUT2D eigenvalue weighted by Crippen LogP contribution is -2.51. The first-order valence-electron chi connectivity index (χ1n) is 6.31. The number of carbonyl (C=O) groups is 2. The molecule has 1 aliphatic rings. The molecule has 1 rings (SSSR count). The summed E-state index contributed by atoms with van der Waals surface area (Å²) < 4.78 is 4.75. The number of ether oxygens (including phenoxy) is 1. The Morgan fingerprint density at radius 1 is 1.44 bits per heavy atom. The van der Waals surface area contributed by atoms with Gasteiger partial charge in [0.05, 0.1) is 6.61 Å². The summed E-state index contributed by atoms with van der Waals surface area (Å²) in [6.07, 6.45) is 4.21. The Morgan fingerprint density at radius 3 is 2.72 bits per heavy atom. The predicted molar refractivity (Wildman–Crippen MR) is 66.4 cm³/mol. The van der Waals surface area contributed by atoms with E-state index in [9.17, 15) is 9.59 Å². The van der Waals surface area contributed by atoms with E-state index in [2.05, 4.69) is 17.6 Å². The molecular formula is C12H22N2O4. The molecule has 2 amide bonds. The molecule has 6 heteroatoms. The highest BCUT2D eigenvalue weighted by molar-refractivity contribution is 5.82. The van der Waals surface area contributed by atoms with Gasteiger partial charge in [-0.2, -0.15) is 0 Å². The maximum Gasteiger partial charge on any atom is 0.328 e. The van der Waals surface area contributed by atoms with E-state index < -0.39 is 18.0 Å². The van der Waals surface area contributed by atoms with E-state index in [0.29, 0.717) is 5.92 Å². The Hall–Kier alpha value is -1.30. The fraction of sp³-hybridized carbons (Fsp3) is 0.833. The SMILES string of the molecule is COCC(NC(=O)NC1CCCC(C)C1)C(=O)O. The number of hydrogen-bond donors (Lipinski definition) is 3. The number of carboxylic acids is 1. The van der Waals surface area contributed by atoms with E-state index in [1.807, 2.05) is 0 Å². The topological polar surface area (TPSA) is 87.7 Å². The van der Waals surface area contributed by atoms with Crippen LogP contribution in [-0.2, 0) is 9.53 Å². The van der Waals surface area contributed by atoms with Gasteiger partial charge in [0.2, 0.25) is 0 Å². The molecule has 0 heterocycles. The molecule has 18 heavy (non-hydrogen) atoms. The normalized spacial score (nSPS) is 25.2. The highest BCUT2D eigenvalue weighted by Crippen LogP contribution is 2.23. The summed E-state index contributed by atoms with van der Waals surface area (Å²) in [6.45, 7) is 2.13. The van der Waals surface area contributed by atoms with Crippen molar-refractivity contribution >= 4 is 12.0 Å². The van der Waals surface area contributed by atoms with Gasteiger partial charge in [0.15, 0.2) is 6.04 Å². The smallest absolute Gasteiger partial charge is 0.328 e. The molecule has 3 unspecified atom stereocenters. The second-order valence-electron chi connectivity index (χ2n) is 4.93. The molecule has 0 saturated heterocycles. The van der Waals surface area contributed by atoms with Crippen molar-refractivity contribution < 1.29 is 19.4 Å². The van der Waals surface area contributed by atoms with Gasteiger partial charge in [0, 0.05) is 13.2 Å². The molecule has 6 nitrogen and oxygen atoms in total. The number of carbonyl (C=O) groups excluding carboxylic acids is 1. The number of carboxylic acid groups (broad SMARTS) is 1. The number of methoxy groups -OCH3 is 1. The minimum atomic E-state index is -1.09. The van der Waals surface area contributed by atoms with Gasteiger partial charge in [-0.05, 0) is 18.8 Å². The highest BCUT2D eigenvalue weighted by Gasteiger charge is 2.23. The van der Waals surface area contributed by atoms with Gasteiger partial charge in [0.1, 0.15) is 0 Å². The lowest BCUT2D eigenvalue weighted by Gasteiger charge is -2.28. The van der Waals surface area contributed by atoms with Crippen LogP contribution >= 0.6 is 0 Å². The molecular weight excluding hydrogens is 236 g/mol. The number of nitrogens with one attached hydrogen (secondary N) is 2. The molecule has 0 bridgehead atoms. The molecule has 0 aromatic carbocycles. The van der Waals surface area contributed by atoms with Gasteiger partial charge in [-0.25, -0.2) is 9.59 Å². The van der Waals surface area contributed by atoms with E-state index in [0.717, 1.165) is 19.3 Å². The van der Waals surface area contributed by atoms with Crippen LogP contribution in [0, 0.1) is 5.92 Å². The zero-order chi connectivity index (χ0) is 13.5. The molecule has 0 radical (unpaired) electrons. The third-order valence-corrected chi connectivity index (χ3v) is 3.21. The van der Waals surface area contributed by atoms with Crippen LogP contribution in [0.25, 0.3) is 0 Å². The van der Waals surface area contributed by atoms with Crippen LogP contribution in [0.1, 0.15) is 32.6 Å². The van der Waals surface area contributed by atoms with Crippen molar-refractivity contribution in [1.29, 1.82) is 0 Å². The average molecular weight is 258 g/mol. The van der Waals surface area contributed by atoms with Crippen molar-refractivity contribution in [1.82, 2.24) is 10.6 Å². The van der Waals surface area contributed by atoms with Crippen LogP contribution in [0.15, 0.2) is 0 Å². The standard InChI is InChI=1S/C12H22N2O4/c1-8-4-3-5-9(6-8)13-12(17)14-10(7-18-2)11(15)16/h8-10H,3-7H2,1-2H3,(H,15,16)(H2,13,14,17). The number of rotatable bonds is 5. The summed E-state index contributed by atoms with van der Waals surface area (Å²) in [4.78, 5) is 22.5. The first-order chi connectivity index (χ1) is 8.52. The Labute approximate surface area is 107 Å². The van der Waals surface area contributed by atoms with Crippen LogP contribution in [0.2, 0.25) is 0 Å². The molecule has 1 saturated carbocycles. The third-order valence-electron chi connectivity index (χ3n) is 3.21. The van der Waals surface area contributed by atoms with Crippen molar-refractivity contribution in [3.63, 3.8) is 0 Å². The van der Waals surface area contributed by atoms with Crippen molar-refractivity contribution in [3.8, 4) is 0 Å². The number of urea groups is 1. The maximum absolute atomic E-state index is 11.7. The molecule has 0 spiro atoms. The zero-order valence-corrected chi connectivity index (χ0v) is 10.9. The summed E-state index contributed by atoms with van der Waals surface area (Å²) in [5.74, 6) is -0.484. The van der Waals surface area contributed by atoms with Gasteiger partial charge < -0.3 is 20.5 Å². The molecule has 0 aromatic heterocycles. The summed E-state index contributed by atoms with van der Waals surface area (Å²) in [5, 5.41) is 14.1. The Kier molecular flexibility index (Phi) is 5.91. The van der Waals surface area contributed by atoms with Crippen LogP contribution < -0.4 is 10.6 Å². The Bertz CT molecular complexity index is 296. The van der Waals surface area contributed by atoms with E-state index in [4.69, 9.17) is 9.84 Å². The third kappa shape index (κ3) is 4.91. The van der Waals surface area contributed by atoms with Gasteiger partial charge in [-0.15, -0.1) is 0 Å². The highest BCUT2D eigenvalue weighted by atomic mass is 16.5. The fourth-order valence-corrected chi connectivity index (χ4v) is 2.29. The first kappa shape index (κ1) is 14.8. The lowest BCUT2D eigenvalue weighted by atomic mass is 9.87. The molecule has 0 aliphatic heterocycles. The summed E-state index contributed by atoms with van der Waals surface area (Å²) in [7, 11) is 1.40. The minimum Gasteiger partial charge on any atom is -0.480 e. The number of amides is 2. The van der Waals surface area contributed by atoms with Gasteiger partial charge in [-0.3, -0.25) is 0 Å². The predicted octanol–water partition coefficient (Wildman–Crippen LogP) is 0.964. The lowest BCUT2D eigenvalue weighted by molar-refractivity contribution is -0.140. The summed E-state index contributed by atoms with van der Waals surface area (Å²) in [5.41, 5.74) is 0. The first-order valence-corrected chi connectivity index (χ1v) is 6.31. The van der Waals surface area contributed by atoms with Crippen LogP contribution in [0.5, 0.6) is 0 Å². The molecule has 1 aliphatic carbocycles.